The van der Waals surface area contributed by atoms with E-state index in [-0.39, 0.29) is 6.09 Å². The molecule has 4 nitrogen and oxygen atoms in total. The SMILES string of the molecule is COC(=O)N1CCN(Cc2c(C)cc(C)cc2C)CC1. The molecule has 110 valence electrons. The van der Waals surface area contributed by atoms with Crippen LogP contribution in [-0.4, -0.2) is 49.2 Å². The summed E-state index contributed by atoms with van der Waals surface area (Å²) in [5.41, 5.74) is 5.46. The number of carbonyl (C=O) groups excluding carboxylic acids is 1. The summed E-state index contributed by atoms with van der Waals surface area (Å²) in [6.07, 6.45) is -0.215. The lowest BCUT2D eigenvalue weighted by Crippen LogP contribution is -2.48. The molecule has 0 radical (unpaired) electrons. The second kappa shape index (κ2) is 6.27. The van der Waals surface area contributed by atoms with Gasteiger partial charge in [-0.2, -0.15) is 0 Å². The Kier molecular flexibility index (Phi) is 4.65. The molecular weight excluding hydrogens is 252 g/mol. The van der Waals surface area contributed by atoms with Gasteiger partial charge in [0.25, 0.3) is 0 Å². The number of nitrogens with zero attached hydrogens (tertiary/aromatic N) is 2. The Bertz CT molecular complexity index is 468. The van der Waals surface area contributed by atoms with E-state index in [9.17, 15) is 4.79 Å². The minimum Gasteiger partial charge on any atom is -0.453 e. The average Bonchev–Trinajstić information content (AvgIpc) is 2.42. The van der Waals surface area contributed by atoms with Crippen molar-refractivity contribution in [2.75, 3.05) is 33.3 Å². The lowest BCUT2D eigenvalue weighted by molar-refractivity contribution is 0.0887. The molecule has 0 atom stereocenters. The van der Waals surface area contributed by atoms with Crippen LogP contribution in [-0.2, 0) is 11.3 Å². The minimum atomic E-state index is -0.215. The topological polar surface area (TPSA) is 32.8 Å². The Morgan fingerprint density at radius 1 is 1.10 bits per heavy atom. The number of amides is 1. The van der Waals surface area contributed by atoms with Crippen molar-refractivity contribution < 1.29 is 9.53 Å². The largest absolute Gasteiger partial charge is 0.453 e. The number of aryl methyl sites for hydroxylation is 3. The molecule has 1 amide bonds. The maximum atomic E-state index is 11.5. The number of hydrogen-bond acceptors (Lipinski definition) is 3. The highest BCUT2D eigenvalue weighted by molar-refractivity contribution is 5.67. The van der Waals surface area contributed by atoms with Gasteiger partial charge in [-0.15, -0.1) is 0 Å². The fraction of sp³-hybridized carbons (Fsp3) is 0.562. The first-order valence-corrected chi connectivity index (χ1v) is 7.13. The number of piperazine rings is 1. The van der Waals surface area contributed by atoms with Gasteiger partial charge in [-0.05, 0) is 37.5 Å². The number of carbonyl (C=O) groups is 1. The third-order valence-corrected chi connectivity index (χ3v) is 4.03. The molecule has 1 aliphatic rings. The highest BCUT2D eigenvalue weighted by atomic mass is 16.5. The molecule has 0 spiro atoms. The highest BCUT2D eigenvalue weighted by Gasteiger charge is 2.22. The van der Waals surface area contributed by atoms with Gasteiger partial charge in [-0.3, -0.25) is 4.90 Å². The Morgan fingerprint density at radius 2 is 1.65 bits per heavy atom. The molecule has 0 N–H and O–H groups in total. The highest BCUT2D eigenvalue weighted by Crippen LogP contribution is 2.19. The zero-order valence-electron chi connectivity index (χ0n) is 12.9. The summed E-state index contributed by atoms with van der Waals surface area (Å²) in [6.45, 7) is 10.8. The zero-order valence-corrected chi connectivity index (χ0v) is 12.9. The van der Waals surface area contributed by atoms with Gasteiger partial charge >= 0.3 is 6.09 Å². The quantitative estimate of drug-likeness (QED) is 0.832. The van der Waals surface area contributed by atoms with Gasteiger partial charge in [0.05, 0.1) is 7.11 Å². The molecule has 1 fully saturated rings. The van der Waals surface area contributed by atoms with Gasteiger partial charge in [0, 0.05) is 32.7 Å². The number of ether oxygens (including phenoxy) is 1. The van der Waals surface area contributed by atoms with Crippen molar-refractivity contribution in [3.05, 3.63) is 34.4 Å². The van der Waals surface area contributed by atoms with E-state index in [1.165, 1.54) is 29.4 Å². The molecule has 1 aromatic carbocycles. The van der Waals surface area contributed by atoms with E-state index < -0.39 is 0 Å². The summed E-state index contributed by atoms with van der Waals surface area (Å²) in [7, 11) is 1.44. The van der Waals surface area contributed by atoms with Crippen LogP contribution in [0.15, 0.2) is 12.1 Å². The molecule has 4 heteroatoms. The van der Waals surface area contributed by atoms with Crippen LogP contribution in [0.4, 0.5) is 4.79 Å². The van der Waals surface area contributed by atoms with E-state index in [0.717, 1.165) is 32.7 Å². The normalized spacial score (nSPS) is 16.3. The molecule has 20 heavy (non-hydrogen) atoms. The third kappa shape index (κ3) is 3.31. The average molecular weight is 276 g/mol. The predicted octanol–water partition coefficient (Wildman–Crippen LogP) is 2.50. The number of hydrogen-bond donors (Lipinski definition) is 0. The maximum absolute atomic E-state index is 11.5. The van der Waals surface area contributed by atoms with Gasteiger partial charge < -0.3 is 9.64 Å². The van der Waals surface area contributed by atoms with Crippen LogP contribution in [0.25, 0.3) is 0 Å². The first-order valence-electron chi connectivity index (χ1n) is 7.13. The van der Waals surface area contributed by atoms with E-state index in [1.54, 1.807) is 4.90 Å². The Morgan fingerprint density at radius 3 is 2.15 bits per heavy atom. The molecule has 0 saturated carbocycles. The molecule has 1 aliphatic heterocycles. The van der Waals surface area contributed by atoms with Crippen LogP contribution in [0.1, 0.15) is 22.3 Å². The molecule has 0 aliphatic carbocycles. The summed E-state index contributed by atoms with van der Waals surface area (Å²) < 4.78 is 4.76. The van der Waals surface area contributed by atoms with Crippen LogP contribution >= 0.6 is 0 Å². The number of methoxy groups -OCH3 is 1. The summed E-state index contributed by atoms with van der Waals surface area (Å²) in [4.78, 5) is 15.6. The van der Waals surface area contributed by atoms with Crippen molar-refractivity contribution in [1.29, 1.82) is 0 Å². The lowest BCUT2D eigenvalue weighted by atomic mass is 9.99. The smallest absolute Gasteiger partial charge is 0.409 e. The van der Waals surface area contributed by atoms with E-state index in [0.29, 0.717) is 0 Å². The fourth-order valence-electron chi connectivity index (χ4n) is 2.90. The molecule has 1 aromatic rings. The Hall–Kier alpha value is -1.55. The van der Waals surface area contributed by atoms with Crippen molar-refractivity contribution in [3.8, 4) is 0 Å². The summed E-state index contributed by atoms with van der Waals surface area (Å²) >= 11 is 0. The Labute approximate surface area is 121 Å². The van der Waals surface area contributed by atoms with E-state index in [2.05, 4.69) is 37.8 Å². The van der Waals surface area contributed by atoms with E-state index in [4.69, 9.17) is 4.74 Å². The van der Waals surface area contributed by atoms with Gasteiger partial charge in [0.1, 0.15) is 0 Å². The molecule has 0 bridgehead atoms. The van der Waals surface area contributed by atoms with Gasteiger partial charge in [-0.1, -0.05) is 17.7 Å². The molecule has 1 saturated heterocycles. The maximum Gasteiger partial charge on any atom is 0.409 e. The Balaban J connectivity index is 1.98. The number of benzene rings is 1. The molecule has 1 heterocycles. The minimum absolute atomic E-state index is 0.215. The van der Waals surface area contributed by atoms with Crippen molar-refractivity contribution in [1.82, 2.24) is 9.80 Å². The standard InChI is InChI=1S/C16H24N2O2/c1-12-9-13(2)15(14(3)10-12)11-17-5-7-18(8-6-17)16(19)20-4/h9-10H,5-8,11H2,1-4H3. The van der Waals surface area contributed by atoms with Crippen LogP contribution in [0, 0.1) is 20.8 Å². The van der Waals surface area contributed by atoms with Gasteiger partial charge in [0.15, 0.2) is 0 Å². The van der Waals surface area contributed by atoms with Gasteiger partial charge in [0.2, 0.25) is 0 Å². The van der Waals surface area contributed by atoms with Crippen LogP contribution in [0.3, 0.4) is 0 Å². The summed E-state index contributed by atoms with van der Waals surface area (Å²) in [6, 6.07) is 4.49. The van der Waals surface area contributed by atoms with Gasteiger partial charge in [-0.25, -0.2) is 4.79 Å². The second-order valence-electron chi connectivity index (χ2n) is 5.61. The van der Waals surface area contributed by atoms with Crippen molar-refractivity contribution in [3.63, 3.8) is 0 Å². The van der Waals surface area contributed by atoms with Crippen molar-refractivity contribution in [2.24, 2.45) is 0 Å². The fourth-order valence-corrected chi connectivity index (χ4v) is 2.90. The van der Waals surface area contributed by atoms with Crippen molar-refractivity contribution in [2.45, 2.75) is 27.3 Å². The molecule has 0 aromatic heterocycles. The summed E-state index contributed by atoms with van der Waals surface area (Å²) in [5.74, 6) is 0. The lowest BCUT2D eigenvalue weighted by Gasteiger charge is -2.34. The van der Waals surface area contributed by atoms with Crippen LogP contribution in [0.5, 0.6) is 0 Å². The predicted molar refractivity (Wildman–Crippen MR) is 79.9 cm³/mol. The zero-order chi connectivity index (χ0) is 14.7. The monoisotopic (exact) mass is 276 g/mol. The number of rotatable bonds is 2. The van der Waals surface area contributed by atoms with E-state index in [1.807, 2.05) is 0 Å². The van der Waals surface area contributed by atoms with E-state index >= 15 is 0 Å². The third-order valence-electron chi connectivity index (χ3n) is 4.03. The van der Waals surface area contributed by atoms with Crippen molar-refractivity contribution >= 4 is 6.09 Å². The van der Waals surface area contributed by atoms with Crippen LogP contribution < -0.4 is 0 Å². The molecule has 2 rings (SSSR count). The first-order chi connectivity index (χ1) is 9.51. The second-order valence-corrected chi connectivity index (χ2v) is 5.61. The molecular formula is C16H24N2O2. The summed E-state index contributed by atoms with van der Waals surface area (Å²) in [5, 5.41) is 0. The first kappa shape index (κ1) is 14.9. The molecule has 0 unspecified atom stereocenters. The van der Waals surface area contributed by atoms with Crippen LogP contribution in [0.2, 0.25) is 0 Å².